The first-order valence-electron chi connectivity index (χ1n) is 4.82. The van der Waals surface area contributed by atoms with Gasteiger partial charge in [-0.25, -0.2) is 0 Å². The van der Waals surface area contributed by atoms with E-state index in [9.17, 15) is 9.59 Å². The molecule has 78 valence electrons. The van der Waals surface area contributed by atoms with Crippen LogP contribution in [0.1, 0.15) is 26.7 Å². The summed E-state index contributed by atoms with van der Waals surface area (Å²) < 4.78 is 0. The molecule has 0 saturated heterocycles. The first kappa shape index (κ1) is 10.8. The molecule has 4 nitrogen and oxygen atoms in total. The number of hydrogen-bond acceptors (Lipinski definition) is 2. The Bertz CT molecular complexity index is 273. The van der Waals surface area contributed by atoms with Crippen LogP contribution in [-0.4, -0.2) is 18.9 Å². The molecule has 0 fully saturated rings. The van der Waals surface area contributed by atoms with E-state index in [0.717, 1.165) is 12.0 Å². The smallest absolute Gasteiger partial charge is 0.234 e. The molecule has 0 radical (unpaired) electrons. The maximum Gasteiger partial charge on any atom is 0.234 e. The van der Waals surface area contributed by atoms with E-state index in [4.69, 9.17) is 0 Å². The molecule has 0 aromatic rings. The van der Waals surface area contributed by atoms with Crippen LogP contribution in [0, 0.1) is 5.41 Å². The highest BCUT2D eigenvalue weighted by atomic mass is 16.2. The molecular weight excluding hydrogens is 180 g/mol. The Morgan fingerprint density at radius 2 is 2.36 bits per heavy atom. The Labute approximate surface area is 83.8 Å². The predicted octanol–water partition coefficient (Wildman–Crippen LogP) is 0.552. The molecule has 14 heavy (non-hydrogen) atoms. The molecule has 4 heteroatoms. The standard InChI is InChI=1S/C10H16N2O2/c1-3-10(4-5-11-7-13)8(2)6-12-9(10)14/h6-7H,3-5H2,1-2H3,(H,11,13)(H,12,14). The summed E-state index contributed by atoms with van der Waals surface area (Å²) in [5.41, 5.74) is 0.647. The molecule has 1 heterocycles. The Morgan fingerprint density at radius 1 is 1.64 bits per heavy atom. The largest absolute Gasteiger partial charge is 0.359 e. The third kappa shape index (κ3) is 1.64. The van der Waals surface area contributed by atoms with Crippen molar-refractivity contribution in [3.63, 3.8) is 0 Å². The average Bonchev–Trinajstić information content (AvgIpc) is 2.46. The van der Waals surface area contributed by atoms with Crippen LogP contribution in [-0.2, 0) is 9.59 Å². The maximum absolute atomic E-state index is 11.7. The number of hydrogen-bond donors (Lipinski definition) is 2. The number of amides is 2. The van der Waals surface area contributed by atoms with Crippen molar-refractivity contribution in [2.24, 2.45) is 5.41 Å². The van der Waals surface area contributed by atoms with Crippen molar-refractivity contribution in [1.29, 1.82) is 0 Å². The van der Waals surface area contributed by atoms with Crippen molar-refractivity contribution in [3.05, 3.63) is 11.8 Å². The lowest BCUT2D eigenvalue weighted by Gasteiger charge is -2.26. The van der Waals surface area contributed by atoms with Crippen LogP contribution in [0.2, 0.25) is 0 Å². The maximum atomic E-state index is 11.7. The van der Waals surface area contributed by atoms with Gasteiger partial charge in [-0.2, -0.15) is 0 Å². The van der Waals surface area contributed by atoms with Gasteiger partial charge in [0.15, 0.2) is 0 Å². The molecule has 1 atom stereocenters. The summed E-state index contributed by atoms with van der Waals surface area (Å²) in [5, 5.41) is 5.31. The zero-order valence-electron chi connectivity index (χ0n) is 8.59. The summed E-state index contributed by atoms with van der Waals surface area (Å²) >= 11 is 0. The van der Waals surface area contributed by atoms with E-state index in [1.807, 2.05) is 13.8 Å². The summed E-state index contributed by atoms with van der Waals surface area (Å²) in [6, 6.07) is 0. The normalized spacial score (nSPS) is 25.6. The highest BCUT2D eigenvalue weighted by Crippen LogP contribution is 2.37. The second-order valence-corrected chi connectivity index (χ2v) is 3.56. The van der Waals surface area contributed by atoms with Crippen LogP contribution in [0.25, 0.3) is 0 Å². The lowest BCUT2D eigenvalue weighted by Crippen LogP contribution is -2.36. The molecule has 1 aliphatic heterocycles. The SMILES string of the molecule is CCC1(CCNC=O)C(=O)NC=C1C. The van der Waals surface area contributed by atoms with Crippen LogP contribution in [0.5, 0.6) is 0 Å². The monoisotopic (exact) mass is 196 g/mol. The highest BCUT2D eigenvalue weighted by molar-refractivity contribution is 5.89. The second-order valence-electron chi connectivity index (χ2n) is 3.56. The van der Waals surface area contributed by atoms with Crippen LogP contribution in [0.3, 0.4) is 0 Å². The lowest BCUT2D eigenvalue weighted by atomic mass is 9.77. The van der Waals surface area contributed by atoms with Crippen molar-refractivity contribution < 1.29 is 9.59 Å². The summed E-state index contributed by atoms with van der Waals surface area (Å²) in [6.45, 7) is 4.47. The molecule has 0 spiro atoms. The Morgan fingerprint density at radius 3 is 2.79 bits per heavy atom. The zero-order valence-corrected chi connectivity index (χ0v) is 8.59. The molecule has 1 unspecified atom stereocenters. The van der Waals surface area contributed by atoms with Crippen molar-refractivity contribution >= 4 is 12.3 Å². The van der Waals surface area contributed by atoms with E-state index in [-0.39, 0.29) is 5.91 Å². The summed E-state index contributed by atoms with van der Waals surface area (Å²) in [7, 11) is 0. The summed E-state index contributed by atoms with van der Waals surface area (Å²) in [6.07, 6.45) is 3.85. The van der Waals surface area contributed by atoms with Crippen LogP contribution in [0.4, 0.5) is 0 Å². The molecule has 0 aliphatic carbocycles. The third-order valence-electron chi connectivity index (χ3n) is 2.99. The fourth-order valence-corrected chi connectivity index (χ4v) is 1.90. The van der Waals surface area contributed by atoms with E-state index in [1.54, 1.807) is 6.20 Å². The molecule has 0 saturated carbocycles. The van der Waals surface area contributed by atoms with Crippen LogP contribution >= 0.6 is 0 Å². The van der Waals surface area contributed by atoms with Crippen LogP contribution in [0.15, 0.2) is 11.8 Å². The van der Waals surface area contributed by atoms with E-state index in [1.165, 1.54) is 0 Å². The van der Waals surface area contributed by atoms with Gasteiger partial charge in [-0.3, -0.25) is 9.59 Å². The Hall–Kier alpha value is -1.32. The topological polar surface area (TPSA) is 58.2 Å². The fraction of sp³-hybridized carbons (Fsp3) is 0.600. The van der Waals surface area contributed by atoms with Gasteiger partial charge in [0.2, 0.25) is 12.3 Å². The Kier molecular flexibility index (Phi) is 3.28. The van der Waals surface area contributed by atoms with Gasteiger partial charge < -0.3 is 10.6 Å². The van der Waals surface area contributed by atoms with Crippen molar-refractivity contribution in [2.45, 2.75) is 26.7 Å². The van der Waals surface area contributed by atoms with Crippen molar-refractivity contribution in [1.82, 2.24) is 10.6 Å². The van der Waals surface area contributed by atoms with Crippen molar-refractivity contribution in [2.75, 3.05) is 6.54 Å². The van der Waals surface area contributed by atoms with E-state index in [0.29, 0.717) is 19.4 Å². The van der Waals surface area contributed by atoms with Gasteiger partial charge in [0.25, 0.3) is 0 Å². The van der Waals surface area contributed by atoms with Gasteiger partial charge in [0, 0.05) is 12.7 Å². The molecule has 1 aliphatic rings. The lowest BCUT2D eigenvalue weighted by molar-refractivity contribution is -0.127. The second kappa shape index (κ2) is 4.26. The summed E-state index contributed by atoms with van der Waals surface area (Å²) in [5.74, 6) is 0.0465. The van der Waals surface area contributed by atoms with Crippen LogP contribution < -0.4 is 10.6 Å². The predicted molar refractivity (Wildman–Crippen MR) is 53.3 cm³/mol. The van der Waals surface area contributed by atoms with Gasteiger partial charge in [0.05, 0.1) is 5.41 Å². The molecule has 1 rings (SSSR count). The number of carbonyl (C=O) groups excluding carboxylic acids is 2. The van der Waals surface area contributed by atoms with E-state index >= 15 is 0 Å². The van der Waals surface area contributed by atoms with Gasteiger partial charge in [-0.05, 0) is 25.3 Å². The van der Waals surface area contributed by atoms with Crippen molar-refractivity contribution in [3.8, 4) is 0 Å². The molecule has 2 amide bonds. The minimum Gasteiger partial charge on any atom is -0.359 e. The number of rotatable bonds is 5. The minimum atomic E-state index is -0.407. The van der Waals surface area contributed by atoms with E-state index < -0.39 is 5.41 Å². The minimum absolute atomic E-state index is 0.0465. The molecule has 2 N–H and O–H groups in total. The quantitative estimate of drug-likeness (QED) is 0.498. The fourth-order valence-electron chi connectivity index (χ4n) is 1.90. The van der Waals surface area contributed by atoms with Gasteiger partial charge in [-0.1, -0.05) is 6.92 Å². The van der Waals surface area contributed by atoms with Gasteiger partial charge in [-0.15, -0.1) is 0 Å². The molecular formula is C10H16N2O2. The Balaban J connectivity index is 2.69. The van der Waals surface area contributed by atoms with E-state index in [2.05, 4.69) is 10.6 Å². The van der Waals surface area contributed by atoms with Gasteiger partial charge in [0.1, 0.15) is 0 Å². The first-order valence-corrected chi connectivity index (χ1v) is 4.82. The summed E-state index contributed by atoms with van der Waals surface area (Å²) in [4.78, 5) is 21.8. The first-order chi connectivity index (χ1) is 6.67. The third-order valence-corrected chi connectivity index (χ3v) is 2.99. The number of nitrogens with one attached hydrogen (secondary N) is 2. The highest BCUT2D eigenvalue weighted by Gasteiger charge is 2.40. The van der Waals surface area contributed by atoms with Gasteiger partial charge >= 0.3 is 0 Å². The molecule has 0 aromatic heterocycles. The molecule has 0 bridgehead atoms. The molecule has 0 aromatic carbocycles. The zero-order chi connectivity index (χ0) is 10.6. The number of carbonyl (C=O) groups is 2. The average molecular weight is 196 g/mol.